The van der Waals surface area contributed by atoms with E-state index in [1.807, 2.05) is 48.5 Å². The summed E-state index contributed by atoms with van der Waals surface area (Å²) in [4.78, 5) is 37.7. The number of nitro groups is 1. The van der Waals surface area contributed by atoms with Crippen LogP contribution in [0.4, 0.5) is 17.1 Å². The largest absolute Gasteiger partial charge is 0.455 e. The van der Waals surface area contributed by atoms with Gasteiger partial charge in [0.05, 0.1) is 22.7 Å². The van der Waals surface area contributed by atoms with E-state index in [0.29, 0.717) is 0 Å². The number of carbonyl (C=O) groups excluding carboxylic acids is 2. The summed E-state index contributed by atoms with van der Waals surface area (Å²) in [5, 5.41) is 11.1. The van der Waals surface area contributed by atoms with Crippen molar-refractivity contribution in [2.75, 3.05) is 11.5 Å². The number of esters is 1. The Kier molecular flexibility index (Phi) is 5.75. The van der Waals surface area contributed by atoms with E-state index in [1.165, 1.54) is 18.2 Å². The third-order valence-corrected chi connectivity index (χ3v) is 5.26. The van der Waals surface area contributed by atoms with Crippen LogP contribution >= 0.6 is 0 Å². The Bertz CT molecular complexity index is 1110. The Labute approximate surface area is 179 Å². The predicted molar refractivity (Wildman–Crippen MR) is 115 cm³/mol. The van der Waals surface area contributed by atoms with Crippen molar-refractivity contribution in [2.45, 2.75) is 19.3 Å². The molecule has 4 rings (SSSR count). The second-order valence-corrected chi connectivity index (χ2v) is 7.21. The Hall–Kier alpha value is -4.00. The van der Waals surface area contributed by atoms with Crippen LogP contribution in [-0.4, -0.2) is 23.4 Å². The fraction of sp³-hybridized carbons (Fsp3) is 0.167. The highest BCUT2D eigenvalue weighted by molar-refractivity contribution is 6.03. The van der Waals surface area contributed by atoms with E-state index in [2.05, 4.69) is 0 Å². The van der Waals surface area contributed by atoms with Gasteiger partial charge in [0.2, 0.25) is 0 Å². The summed E-state index contributed by atoms with van der Waals surface area (Å²) in [5.41, 5.74) is 3.72. The van der Waals surface area contributed by atoms with Crippen LogP contribution in [0.25, 0.3) is 0 Å². The van der Waals surface area contributed by atoms with E-state index in [-0.39, 0.29) is 23.6 Å². The van der Waals surface area contributed by atoms with E-state index in [9.17, 15) is 19.7 Å². The fourth-order valence-corrected chi connectivity index (χ4v) is 3.80. The van der Waals surface area contributed by atoms with E-state index in [4.69, 9.17) is 4.74 Å². The number of nitrogens with zero attached hydrogens (tertiary/aromatic N) is 2. The molecule has 0 aromatic heterocycles. The van der Waals surface area contributed by atoms with Crippen LogP contribution in [-0.2, 0) is 33.6 Å². The highest BCUT2D eigenvalue weighted by atomic mass is 16.6. The van der Waals surface area contributed by atoms with E-state index < -0.39 is 17.5 Å². The number of nitro benzene ring substituents is 1. The minimum Gasteiger partial charge on any atom is -0.455 e. The summed E-state index contributed by atoms with van der Waals surface area (Å²) >= 11 is 0. The Morgan fingerprint density at radius 3 is 2.03 bits per heavy atom. The monoisotopic (exact) mass is 416 g/mol. The summed E-state index contributed by atoms with van der Waals surface area (Å²) in [6, 6.07) is 21.3. The number of amides is 1. The molecule has 3 aromatic rings. The number of hydrogen-bond acceptors (Lipinski definition) is 5. The van der Waals surface area contributed by atoms with Gasteiger partial charge in [-0.15, -0.1) is 0 Å². The molecule has 0 fully saturated rings. The molecule has 3 aromatic carbocycles. The number of rotatable bonds is 5. The van der Waals surface area contributed by atoms with Crippen LogP contribution in [0.5, 0.6) is 0 Å². The molecule has 1 heterocycles. The van der Waals surface area contributed by atoms with Gasteiger partial charge < -0.3 is 4.74 Å². The highest BCUT2D eigenvalue weighted by Crippen LogP contribution is 2.36. The first-order chi connectivity index (χ1) is 15.0. The van der Waals surface area contributed by atoms with Gasteiger partial charge in [0.1, 0.15) is 0 Å². The molecule has 0 atom stereocenters. The summed E-state index contributed by atoms with van der Waals surface area (Å²) in [7, 11) is 0. The van der Waals surface area contributed by atoms with Crippen LogP contribution in [0.1, 0.15) is 16.7 Å². The van der Waals surface area contributed by atoms with Crippen molar-refractivity contribution in [3.8, 4) is 0 Å². The first-order valence-corrected chi connectivity index (χ1v) is 9.91. The molecule has 31 heavy (non-hydrogen) atoms. The molecule has 0 radical (unpaired) electrons. The molecular formula is C24H20N2O5. The summed E-state index contributed by atoms with van der Waals surface area (Å²) in [6.07, 6.45) is 1.32. The van der Waals surface area contributed by atoms with Crippen molar-refractivity contribution in [3.05, 3.63) is 99.6 Å². The van der Waals surface area contributed by atoms with Crippen molar-refractivity contribution in [1.82, 2.24) is 0 Å². The van der Waals surface area contributed by atoms with E-state index in [1.54, 1.807) is 11.0 Å². The topological polar surface area (TPSA) is 89.7 Å². The van der Waals surface area contributed by atoms with E-state index in [0.717, 1.165) is 35.3 Å². The normalized spacial score (nSPS) is 12.3. The highest BCUT2D eigenvalue weighted by Gasteiger charge is 2.26. The average Bonchev–Trinajstić information content (AvgIpc) is 2.95. The molecule has 0 N–H and O–H groups in total. The zero-order chi connectivity index (χ0) is 21.8. The summed E-state index contributed by atoms with van der Waals surface area (Å²) < 4.78 is 5.21. The van der Waals surface area contributed by atoms with Gasteiger partial charge in [0.25, 0.3) is 11.6 Å². The van der Waals surface area contributed by atoms with Gasteiger partial charge in [0, 0.05) is 11.6 Å². The molecule has 0 unspecified atom stereocenters. The molecule has 0 spiro atoms. The number of anilines is 2. The number of fused-ring (bicyclic) bond motifs is 2. The molecule has 0 saturated carbocycles. The average molecular weight is 416 g/mol. The van der Waals surface area contributed by atoms with Crippen molar-refractivity contribution in [2.24, 2.45) is 0 Å². The smallest absolute Gasteiger partial charge is 0.311 e. The van der Waals surface area contributed by atoms with Crippen LogP contribution in [0, 0.1) is 10.1 Å². The Morgan fingerprint density at radius 2 is 1.42 bits per heavy atom. The summed E-state index contributed by atoms with van der Waals surface area (Å²) in [5.74, 6) is -1.07. The van der Waals surface area contributed by atoms with Gasteiger partial charge in [-0.2, -0.15) is 0 Å². The molecule has 1 aliphatic heterocycles. The van der Waals surface area contributed by atoms with Crippen LogP contribution in [0.3, 0.4) is 0 Å². The lowest BCUT2D eigenvalue weighted by Crippen LogP contribution is -2.31. The number of aryl methyl sites for hydroxylation is 2. The molecule has 0 bridgehead atoms. The minimum absolute atomic E-state index is 0.152. The molecule has 1 amide bonds. The lowest BCUT2D eigenvalue weighted by atomic mass is 10.0. The minimum atomic E-state index is -0.695. The molecule has 0 saturated heterocycles. The second kappa shape index (κ2) is 8.79. The van der Waals surface area contributed by atoms with E-state index >= 15 is 0 Å². The van der Waals surface area contributed by atoms with Crippen LogP contribution in [0.2, 0.25) is 0 Å². The summed E-state index contributed by atoms with van der Waals surface area (Å²) in [6.45, 7) is -0.456. The standard InChI is InChI=1S/C24H20N2O5/c27-23(16-31-24(28)15-19-9-3-6-12-22(19)26(29)30)25-20-10-4-1-7-17(20)13-14-18-8-2-5-11-21(18)25/h1-12H,13-16H2. The van der Waals surface area contributed by atoms with Gasteiger partial charge >= 0.3 is 5.97 Å². The van der Waals surface area contributed by atoms with Gasteiger partial charge in [0.15, 0.2) is 6.61 Å². The van der Waals surface area contributed by atoms with Gasteiger partial charge in [-0.25, -0.2) is 0 Å². The quantitative estimate of drug-likeness (QED) is 0.354. The van der Waals surface area contributed by atoms with Crippen LogP contribution in [0.15, 0.2) is 72.8 Å². The second-order valence-electron chi connectivity index (χ2n) is 7.21. The number of ether oxygens (including phenoxy) is 1. The molecule has 7 nitrogen and oxygen atoms in total. The van der Waals surface area contributed by atoms with Gasteiger partial charge in [-0.3, -0.25) is 24.6 Å². The maximum atomic E-state index is 13.1. The molecule has 1 aliphatic rings. The predicted octanol–water partition coefficient (Wildman–Crippen LogP) is 4.14. The van der Waals surface area contributed by atoms with Crippen molar-refractivity contribution >= 4 is 28.9 Å². The maximum absolute atomic E-state index is 13.1. The van der Waals surface area contributed by atoms with Crippen molar-refractivity contribution < 1.29 is 19.2 Å². The zero-order valence-electron chi connectivity index (χ0n) is 16.7. The third kappa shape index (κ3) is 4.30. The lowest BCUT2D eigenvalue weighted by molar-refractivity contribution is -0.385. The molecule has 0 aliphatic carbocycles. The molecule has 156 valence electrons. The molecular weight excluding hydrogens is 396 g/mol. The van der Waals surface area contributed by atoms with Crippen molar-refractivity contribution in [1.29, 1.82) is 0 Å². The Morgan fingerprint density at radius 1 is 0.871 bits per heavy atom. The zero-order valence-corrected chi connectivity index (χ0v) is 16.7. The van der Waals surface area contributed by atoms with Crippen molar-refractivity contribution in [3.63, 3.8) is 0 Å². The number of hydrogen-bond donors (Lipinski definition) is 0. The maximum Gasteiger partial charge on any atom is 0.311 e. The van der Waals surface area contributed by atoms with Crippen LogP contribution < -0.4 is 4.90 Å². The fourth-order valence-electron chi connectivity index (χ4n) is 3.80. The number of para-hydroxylation sites is 3. The molecule has 7 heteroatoms. The number of benzene rings is 3. The van der Waals surface area contributed by atoms with Gasteiger partial charge in [-0.05, 0) is 36.1 Å². The Balaban J connectivity index is 1.53. The first kappa shape index (κ1) is 20.3. The van der Waals surface area contributed by atoms with Gasteiger partial charge in [-0.1, -0.05) is 54.6 Å². The SMILES string of the molecule is O=C(Cc1ccccc1[N+](=O)[O-])OCC(=O)N1c2ccccc2CCc2ccccc21. The first-order valence-electron chi connectivity index (χ1n) is 9.91. The number of carbonyl (C=O) groups is 2. The third-order valence-electron chi connectivity index (χ3n) is 5.26. The lowest BCUT2D eigenvalue weighted by Gasteiger charge is -2.24.